The summed E-state index contributed by atoms with van der Waals surface area (Å²) < 4.78 is 23.6. The van der Waals surface area contributed by atoms with Gasteiger partial charge in [-0.05, 0) is 29.8 Å². The van der Waals surface area contributed by atoms with E-state index in [1.54, 1.807) is 11.0 Å². The maximum absolute atomic E-state index is 13.7. The Hall–Kier alpha value is -3.09. The van der Waals surface area contributed by atoms with E-state index in [0.717, 1.165) is 18.8 Å². The van der Waals surface area contributed by atoms with Crippen LogP contribution in [-0.4, -0.2) is 56.7 Å². The van der Waals surface area contributed by atoms with Gasteiger partial charge in [-0.1, -0.05) is 24.3 Å². The Morgan fingerprint density at radius 1 is 1.04 bits per heavy atom. The number of para-hydroxylation sites is 1. The number of methoxy groups -OCH3 is 1. The molecule has 1 fully saturated rings. The number of hydrogen-bond donors (Lipinski definition) is 0. The molecule has 1 aliphatic rings. The summed E-state index contributed by atoms with van der Waals surface area (Å²) in [6.07, 6.45) is -0.101. The highest BCUT2D eigenvalue weighted by molar-refractivity contribution is 5.81. The fourth-order valence-electron chi connectivity index (χ4n) is 3.12. The Morgan fingerprint density at radius 2 is 1.75 bits per heavy atom. The van der Waals surface area contributed by atoms with Gasteiger partial charge in [-0.3, -0.25) is 9.59 Å². The van der Waals surface area contributed by atoms with Crippen LogP contribution < -0.4 is 9.64 Å². The maximum atomic E-state index is 13.7. The molecule has 1 aliphatic heterocycles. The quantitative estimate of drug-likeness (QED) is 0.713. The molecule has 0 aliphatic carbocycles. The van der Waals surface area contributed by atoms with Crippen molar-refractivity contribution in [3.8, 4) is 5.75 Å². The van der Waals surface area contributed by atoms with E-state index in [4.69, 9.17) is 9.47 Å². The van der Waals surface area contributed by atoms with Gasteiger partial charge >= 0.3 is 5.97 Å². The van der Waals surface area contributed by atoms with E-state index in [9.17, 15) is 14.0 Å². The summed E-state index contributed by atoms with van der Waals surface area (Å²) in [6.45, 7) is 2.32. The van der Waals surface area contributed by atoms with Crippen LogP contribution in [0, 0.1) is 5.82 Å². The van der Waals surface area contributed by atoms with Crippen LogP contribution in [0.1, 0.15) is 5.56 Å². The number of halogens is 1. The molecule has 1 amide bonds. The number of nitrogens with zero attached hydrogens (tertiary/aromatic N) is 2. The molecule has 28 heavy (non-hydrogen) atoms. The first-order chi connectivity index (χ1) is 13.6. The SMILES string of the molecule is COc1ccc(CC(=O)OCC(=O)N2CCN(c3ccccc3)CC2)cc1F. The van der Waals surface area contributed by atoms with Crippen molar-refractivity contribution in [1.82, 2.24) is 4.90 Å². The van der Waals surface area contributed by atoms with Crippen LogP contribution in [0.5, 0.6) is 5.75 Å². The molecule has 0 radical (unpaired) electrons. The van der Waals surface area contributed by atoms with Crippen LogP contribution in [0.3, 0.4) is 0 Å². The van der Waals surface area contributed by atoms with E-state index >= 15 is 0 Å². The van der Waals surface area contributed by atoms with Gasteiger partial charge < -0.3 is 19.3 Å². The van der Waals surface area contributed by atoms with E-state index in [1.807, 2.05) is 30.3 Å². The zero-order valence-electron chi connectivity index (χ0n) is 15.8. The lowest BCUT2D eigenvalue weighted by molar-refractivity contribution is -0.151. The molecule has 6 nitrogen and oxygen atoms in total. The number of rotatable bonds is 6. The summed E-state index contributed by atoms with van der Waals surface area (Å²) in [5.41, 5.74) is 1.60. The first-order valence-electron chi connectivity index (χ1n) is 9.12. The highest BCUT2D eigenvalue weighted by atomic mass is 19.1. The summed E-state index contributed by atoms with van der Waals surface area (Å²) in [7, 11) is 1.37. The zero-order chi connectivity index (χ0) is 19.9. The second kappa shape index (κ2) is 9.21. The Kier molecular flexibility index (Phi) is 6.47. The van der Waals surface area contributed by atoms with Crippen molar-refractivity contribution in [2.24, 2.45) is 0 Å². The van der Waals surface area contributed by atoms with Gasteiger partial charge in [-0.25, -0.2) is 4.39 Å². The average Bonchev–Trinajstić information content (AvgIpc) is 2.73. The lowest BCUT2D eigenvalue weighted by atomic mass is 10.1. The normalized spacial score (nSPS) is 13.9. The lowest BCUT2D eigenvalue weighted by Gasteiger charge is -2.36. The van der Waals surface area contributed by atoms with Gasteiger partial charge in [-0.2, -0.15) is 0 Å². The standard InChI is InChI=1S/C21H23FN2O4/c1-27-19-8-7-16(13-18(19)22)14-21(26)28-15-20(25)24-11-9-23(10-12-24)17-5-3-2-4-6-17/h2-8,13H,9-12,14-15H2,1H3. The summed E-state index contributed by atoms with van der Waals surface area (Å²) in [6, 6.07) is 14.3. The summed E-state index contributed by atoms with van der Waals surface area (Å²) in [5, 5.41) is 0. The number of benzene rings is 2. The lowest BCUT2D eigenvalue weighted by Crippen LogP contribution is -2.49. The van der Waals surface area contributed by atoms with Crippen molar-refractivity contribution in [2.75, 3.05) is 44.8 Å². The highest BCUT2D eigenvalue weighted by Gasteiger charge is 2.22. The van der Waals surface area contributed by atoms with Crippen LogP contribution >= 0.6 is 0 Å². The Balaban J connectivity index is 1.43. The summed E-state index contributed by atoms with van der Waals surface area (Å²) in [4.78, 5) is 28.1. The largest absolute Gasteiger partial charge is 0.494 e. The average molecular weight is 386 g/mol. The third-order valence-corrected chi connectivity index (χ3v) is 4.68. The molecule has 0 spiro atoms. The number of ether oxygens (including phenoxy) is 2. The number of hydrogen-bond acceptors (Lipinski definition) is 5. The van der Waals surface area contributed by atoms with Gasteiger partial charge in [0.05, 0.1) is 13.5 Å². The number of anilines is 1. The number of piperazine rings is 1. The van der Waals surface area contributed by atoms with Crippen LogP contribution in [0.15, 0.2) is 48.5 Å². The molecule has 148 valence electrons. The first kappa shape index (κ1) is 19.7. The molecule has 0 unspecified atom stereocenters. The fourth-order valence-corrected chi connectivity index (χ4v) is 3.12. The number of carbonyl (C=O) groups is 2. The summed E-state index contributed by atoms with van der Waals surface area (Å²) >= 11 is 0. The predicted molar refractivity (Wildman–Crippen MR) is 103 cm³/mol. The number of amides is 1. The molecule has 0 N–H and O–H groups in total. The third kappa shape index (κ3) is 5.00. The van der Waals surface area contributed by atoms with E-state index in [2.05, 4.69) is 4.90 Å². The minimum Gasteiger partial charge on any atom is -0.494 e. The molecular formula is C21H23FN2O4. The number of esters is 1. The van der Waals surface area contributed by atoms with E-state index in [1.165, 1.54) is 19.2 Å². The minimum atomic E-state index is -0.569. The van der Waals surface area contributed by atoms with Crippen LogP contribution in [0.4, 0.5) is 10.1 Å². The topological polar surface area (TPSA) is 59.1 Å². The van der Waals surface area contributed by atoms with Gasteiger partial charge in [0, 0.05) is 31.9 Å². The summed E-state index contributed by atoms with van der Waals surface area (Å²) in [5.74, 6) is -1.22. The third-order valence-electron chi connectivity index (χ3n) is 4.68. The monoisotopic (exact) mass is 386 g/mol. The molecule has 2 aromatic carbocycles. The van der Waals surface area contributed by atoms with Gasteiger partial charge in [0.2, 0.25) is 0 Å². The van der Waals surface area contributed by atoms with Gasteiger partial charge in [0.25, 0.3) is 5.91 Å². The van der Waals surface area contributed by atoms with Crippen molar-refractivity contribution in [1.29, 1.82) is 0 Å². The molecule has 0 aromatic heterocycles. The molecule has 1 heterocycles. The Morgan fingerprint density at radius 3 is 2.39 bits per heavy atom. The predicted octanol–water partition coefficient (Wildman–Crippen LogP) is 2.27. The Bertz CT molecular complexity index is 820. The number of carbonyl (C=O) groups excluding carboxylic acids is 2. The van der Waals surface area contributed by atoms with Crippen molar-refractivity contribution in [3.63, 3.8) is 0 Å². The second-order valence-corrected chi connectivity index (χ2v) is 6.51. The van der Waals surface area contributed by atoms with Crippen molar-refractivity contribution in [3.05, 3.63) is 59.9 Å². The molecule has 0 bridgehead atoms. The molecule has 3 rings (SSSR count). The second-order valence-electron chi connectivity index (χ2n) is 6.51. The molecule has 0 saturated carbocycles. The van der Waals surface area contributed by atoms with E-state index < -0.39 is 11.8 Å². The molecule has 7 heteroatoms. The molecule has 2 aromatic rings. The smallest absolute Gasteiger partial charge is 0.310 e. The minimum absolute atomic E-state index is 0.101. The van der Waals surface area contributed by atoms with Crippen molar-refractivity contribution >= 4 is 17.6 Å². The van der Waals surface area contributed by atoms with Gasteiger partial charge in [-0.15, -0.1) is 0 Å². The fraction of sp³-hybridized carbons (Fsp3) is 0.333. The Labute approximate surface area is 163 Å². The van der Waals surface area contributed by atoms with Gasteiger partial charge in [0.15, 0.2) is 18.2 Å². The zero-order valence-corrected chi connectivity index (χ0v) is 15.8. The van der Waals surface area contributed by atoms with Crippen LogP contribution in [0.2, 0.25) is 0 Å². The maximum Gasteiger partial charge on any atom is 0.310 e. The van der Waals surface area contributed by atoms with E-state index in [0.29, 0.717) is 18.7 Å². The first-order valence-corrected chi connectivity index (χ1v) is 9.12. The molecular weight excluding hydrogens is 363 g/mol. The van der Waals surface area contributed by atoms with Crippen molar-refractivity contribution in [2.45, 2.75) is 6.42 Å². The molecule has 1 saturated heterocycles. The van der Waals surface area contributed by atoms with Crippen LogP contribution in [-0.2, 0) is 20.7 Å². The van der Waals surface area contributed by atoms with E-state index in [-0.39, 0.29) is 24.7 Å². The van der Waals surface area contributed by atoms with Gasteiger partial charge in [0.1, 0.15) is 0 Å². The molecule has 0 atom stereocenters. The van der Waals surface area contributed by atoms with Crippen LogP contribution in [0.25, 0.3) is 0 Å². The van der Waals surface area contributed by atoms with Crippen molar-refractivity contribution < 1.29 is 23.5 Å². The highest BCUT2D eigenvalue weighted by Crippen LogP contribution is 2.18.